The first kappa shape index (κ1) is 12.8. The van der Waals surface area contributed by atoms with E-state index in [4.69, 9.17) is 4.74 Å². The molecular weight excluding hydrogens is 216 g/mol. The molecule has 2 fully saturated rings. The van der Waals surface area contributed by atoms with Crippen molar-refractivity contribution in [3.63, 3.8) is 0 Å². The minimum atomic E-state index is 0.271. The number of morpholine rings is 1. The molecule has 2 saturated heterocycles. The van der Waals surface area contributed by atoms with Crippen LogP contribution in [0.4, 0.5) is 0 Å². The van der Waals surface area contributed by atoms with Gasteiger partial charge in [0.1, 0.15) is 0 Å². The van der Waals surface area contributed by atoms with Crippen LogP contribution in [-0.2, 0) is 9.53 Å². The van der Waals surface area contributed by atoms with Crippen LogP contribution in [0.5, 0.6) is 0 Å². The summed E-state index contributed by atoms with van der Waals surface area (Å²) in [6.07, 6.45) is 2.40. The second kappa shape index (κ2) is 5.36. The van der Waals surface area contributed by atoms with Crippen molar-refractivity contribution in [2.75, 3.05) is 45.9 Å². The molecule has 0 saturated carbocycles. The number of carbonyl (C=O) groups is 1. The monoisotopic (exact) mass is 240 g/mol. The SMILES string of the molecule is CC1(C)CCN(CC(=O)N2CCOCC2)CC1. The van der Waals surface area contributed by atoms with E-state index in [2.05, 4.69) is 18.7 Å². The van der Waals surface area contributed by atoms with Gasteiger partial charge in [-0.25, -0.2) is 0 Å². The molecular formula is C13H24N2O2. The van der Waals surface area contributed by atoms with E-state index in [1.807, 2.05) is 4.90 Å². The van der Waals surface area contributed by atoms with Crippen molar-refractivity contribution >= 4 is 5.91 Å². The average molecular weight is 240 g/mol. The van der Waals surface area contributed by atoms with Gasteiger partial charge in [0, 0.05) is 13.1 Å². The summed E-state index contributed by atoms with van der Waals surface area (Å²) in [5.74, 6) is 0.271. The molecule has 0 aromatic rings. The predicted octanol–water partition coefficient (Wildman–Crippen LogP) is 0.967. The van der Waals surface area contributed by atoms with Crippen LogP contribution in [0, 0.1) is 5.41 Å². The fraction of sp³-hybridized carbons (Fsp3) is 0.923. The highest BCUT2D eigenvalue weighted by atomic mass is 16.5. The molecule has 4 heteroatoms. The van der Waals surface area contributed by atoms with Gasteiger partial charge < -0.3 is 9.64 Å². The molecule has 0 aliphatic carbocycles. The number of likely N-dealkylation sites (tertiary alicyclic amines) is 1. The van der Waals surface area contributed by atoms with Crippen molar-refractivity contribution in [3.05, 3.63) is 0 Å². The van der Waals surface area contributed by atoms with Crippen molar-refractivity contribution in [2.24, 2.45) is 5.41 Å². The van der Waals surface area contributed by atoms with Crippen molar-refractivity contribution < 1.29 is 9.53 Å². The maximum Gasteiger partial charge on any atom is 0.236 e. The summed E-state index contributed by atoms with van der Waals surface area (Å²) in [4.78, 5) is 16.3. The normalized spacial score (nSPS) is 25.9. The lowest BCUT2D eigenvalue weighted by atomic mass is 9.83. The zero-order valence-corrected chi connectivity index (χ0v) is 11.1. The van der Waals surface area contributed by atoms with Crippen LogP contribution in [-0.4, -0.2) is 61.6 Å². The van der Waals surface area contributed by atoms with E-state index >= 15 is 0 Å². The van der Waals surface area contributed by atoms with Crippen LogP contribution in [0.15, 0.2) is 0 Å². The van der Waals surface area contributed by atoms with Gasteiger partial charge >= 0.3 is 0 Å². The fourth-order valence-corrected chi connectivity index (χ4v) is 2.42. The maximum absolute atomic E-state index is 12.1. The van der Waals surface area contributed by atoms with Crippen molar-refractivity contribution in [1.29, 1.82) is 0 Å². The van der Waals surface area contributed by atoms with Crippen LogP contribution in [0.3, 0.4) is 0 Å². The summed E-state index contributed by atoms with van der Waals surface area (Å²) in [5, 5.41) is 0. The van der Waals surface area contributed by atoms with Crippen molar-refractivity contribution in [2.45, 2.75) is 26.7 Å². The molecule has 0 bridgehead atoms. The van der Waals surface area contributed by atoms with Gasteiger partial charge in [0.05, 0.1) is 19.8 Å². The lowest BCUT2D eigenvalue weighted by molar-refractivity contribution is -0.137. The molecule has 0 radical (unpaired) electrons. The molecule has 0 atom stereocenters. The molecule has 0 unspecified atom stereocenters. The van der Waals surface area contributed by atoms with E-state index < -0.39 is 0 Å². The third kappa shape index (κ3) is 3.68. The van der Waals surface area contributed by atoms with Crippen molar-refractivity contribution in [3.8, 4) is 0 Å². The standard InChI is InChI=1S/C13H24N2O2/c1-13(2)3-5-14(6-4-13)11-12(16)15-7-9-17-10-8-15/h3-11H2,1-2H3. The third-order valence-electron chi connectivity index (χ3n) is 3.93. The van der Waals surface area contributed by atoms with E-state index in [-0.39, 0.29) is 5.91 Å². The smallest absolute Gasteiger partial charge is 0.236 e. The maximum atomic E-state index is 12.1. The van der Waals surface area contributed by atoms with E-state index in [1.165, 1.54) is 12.8 Å². The molecule has 2 aliphatic heterocycles. The molecule has 4 nitrogen and oxygen atoms in total. The van der Waals surface area contributed by atoms with Gasteiger partial charge in [0.25, 0.3) is 0 Å². The summed E-state index contributed by atoms with van der Waals surface area (Å²) >= 11 is 0. The molecule has 1 amide bonds. The van der Waals surface area contributed by atoms with E-state index in [9.17, 15) is 4.79 Å². The van der Waals surface area contributed by atoms with Gasteiger partial charge in [0.2, 0.25) is 5.91 Å². The van der Waals surface area contributed by atoms with Crippen LogP contribution >= 0.6 is 0 Å². The van der Waals surface area contributed by atoms with Gasteiger partial charge in [-0.05, 0) is 31.3 Å². The molecule has 0 spiro atoms. The highest BCUT2D eigenvalue weighted by Crippen LogP contribution is 2.29. The molecule has 2 rings (SSSR count). The predicted molar refractivity (Wildman–Crippen MR) is 66.9 cm³/mol. The first-order valence-electron chi connectivity index (χ1n) is 6.65. The van der Waals surface area contributed by atoms with Gasteiger partial charge in [-0.2, -0.15) is 0 Å². The Balaban J connectivity index is 1.75. The Morgan fingerprint density at radius 3 is 2.29 bits per heavy atom. The number of piperidine rings is 1. The molecule has 17 heavy (non-hydrogen) atoms. The Morgan fingerprint density at radius 1 is 1.12 bits per heavy atom. The summed E-state index contributed by atoms with van der Waals surface area (Å²) < 4.78 is 5.26. The van der Waals surface area contributed by atoms with Crippen LogP contribution in [0.25, 0.3) is 0 Å². The number of nitrogens with zero attached hydrogens (tertiary/aromatic N) is 2. The van der Waals surface area contributed by atoms with Gasteiger partial charge in [-0.3, -0.25) is 9.69 Å². The summed E-state index contributed by atoms with van der Waals surface area (Å²) in [7, 11) is 0. The largest absolute Gasteiger partial charge is 0.378 e. The molecule has 0 aromatic carbocycles. The third-order valence-corrected chi connectivity index (χ3v) is 3.93. The Kier molecular flexibility index (Phi) is 4.05. The highest BCUT2D eigenvalue weighted by molar-refractivity contribution is 5.78. The van der Waals surface area contributed by atoms with Crippen molar-refractivity contribution in [1.82, 2.24) is 9.80 Å². The van der Waals surface area contributed by atoms with Gasteiger partial charge in [-0.1, -0.05) is 13.8 Å². The number of ether oxygens (including phenoxy) is 1. The lowest BCUT2D eigenvalue weighted by Gasteiger charge is -2.37. The minimum absolute atomic E-state index is 0.271. The topological polar surface area (TPSA) is 32.8 Å². The van der Waals surface area contributed by atoms with E-state index in [0.29, 0.717) is 25.2 Å². The zero-order chi connectivity index (χ0) is 12.3. The zero-order valence-electron chi connectivity index (χ0n) is 11.1. The molecule has 98 valence electrons. The Bertz CT molecular complexity index is 263. The van der Waals surface area contributed by atoms with Gasteiger partial charge in [0.15, 0.2) is 0 Å². The fourth-order valence-electron chi connectivity index (χ4n) is 2.42. The second-order valence-corrected chi connectivity index (χ2v) is 5.93. The molecule has 2 aliphatic rings. The Morgan fingerprint density at radius 2 is 1.71 bits per heavy atom. The Hall–Kier alpha value is -0.610. The van der Waals surface area contributed by atoms with Crippen LogP contribution in [0.1, 0.15) is 26.7 Å². The summed E-state index contributed by atoms with van der Waals surface area (Å²) in [6.45, 7) is 10.2. The van der Waals surface area contributed by atoms with E-state index in [0.717, 1.165) is 26.2 Å². The molecule has 0 N–H and O–H groups in total. The number of hydrogen-bond donors (Lipinski definition) is 0. The second-order valence-electron chi connectivity index (χ2n) is 5.93. The molecule has 2 heterocycles. The van der Waals surface area contributed by atoms with E-state index in [1.54, 1.807) is 0 Å². The Labute approximate surface area is 104 Å². The molecule has 0 aromatic heterocycles. The summed E-state index contributed by atoms with van der Waals surface area (Å²) in [6, 6.07) is 0. The average Bonchev–Trinajstić information content (AvgIpc) is 2.33. The minimum Gasteiger partial charge on any atom is -0.378 e. The summed E-state index contributed by atoms with van der Waals surface area (Å²) in [5.41, 5.74) is 0.457. The van der Waals surface area contributed by atoms with Crippen LogP contribution in [0.2, 0.25) is 0 Å². The number of rotatable bonds is 2. The quantitative estimate of drug-likeness (QED) is 0.721. The number of amides is 1. The van der Waals surface area contributed by atoms with Gasteiger partial charge in [-0.15, -0.1) is 0 Å². The number of carbonyl (C=O) groups excluding carboxylic acids is 1. The van der Waals surface area contributed by atoms with Crippen LogP contribution < -0.4 is 0 Å². The first-order valence-corrected chi connectivity index (χ1v) is 6.65. The lowest BCUT2D eigenvalue weighted by Crippen LogP contribution is -2.48. The number of hydrogen-bond acceptors (Lipinski definition) is 3. The highest BCUT2D eigenvalue weighted by Gasteiger charge is 2.27. The first-order chi connectivity index (χ1) is 8.07.